The van der Waals surface area contributed by atoms with Crippen LogP contribution in [-0.4, -0.2) is 78.7 Å². The Balaban J connectivity index is 2.13. The number of nitrogens with one attached hydrogen (secondary N) is 2. The molecule has 0 spiro atoms. The van der Waals surface area contributed by atoms with Crippen LogP contribution in [0, 0.1) is 0 Å². The Labute approximate surface area is 157 Å². The molecule has 1 aliphatic heterocycles. The molecule has 1 aromatic rings. The second kappa shape index (κ2) is 8.98. The van der Waals surface area contributed by atoms with Crippen LogP contribution in [0.5, 0.6) is 0 Å². The topological polar surface area (TPSA) is 128 Å². The number of ether oxygens (including phenoxy) is 1. The molecule has 0 radical (unpaired) electrons. The van der Waals surface area contributed by atoms with Crippen molar-refractivity contribution in [2.24, 2.45) is 0 Å². The van der Waals surface area contributed by atoms with Gasteiger partial charge in [-0.1, -0.05) is 6.07 Å². The summed E-state index contributed by atoms with van der Waals surface area (Å²) in [6.07, 6.45) is 0.102. The fourth-order valence-corrected chi connectivity index (χ4v) is 3.02. The van der Waals surface area contributed by atoms with Crippen LogP contribution in [-0.2, 0) is 4.74 Å². The average Bonchev–Trinajstić information content (AvgIpc) is 3.02. The van der Waals surface area contributed by atoms with Gasteiger partial charge < -0.3 is 30.3 Å². The molecule has 0 saturated carbocycles. The van der Waals surface area contributed by atoms with Crippen molar-refractivity contribution in [1.29, 1.82) is 0 Å². The van der Waals surface area contributed by atoms with Crippen LogP contribution >= 0.6 is 0 Å². The first-order chi connectivity index (χ1) is 12.8. The molecule has 0 aliphatic carbocycles. The summed E-state index contributed by atoms with van der Waals surface area (Å²) in [7, 11) is -0.289. The zero-order chi connectivity index (χ0) is 20.1. The summed E-state index contributed by atoms with van der Waals surface area (Å²) >= 11 is 0. The van der Waals surface area contributed by atoms with Crippen LogP contribution in [0.1, 0.15) is 34.6 Å². The number of urea groups is 1. The SMILES string of the molecule is COC1CN(C(=O)c2ccc(B(O)O)c(C=O)c2)CC1NC(=O)NC(C)C. The first-order valence-electron chi connectivity index (χ1n) is 8.61. The number of aldehydes is 1. The Hall–Kier alpha value is -2.43. The Morgan fingerprint density at radius 1 is 1.33 bits per heavy atom. The lowest BCUT2D eigenvalue weighted by Gasteiger charge is -2.19. The minimum Gasteiger partial charge on any atom is -0.423 e. The molecule has 9 nitrogen and oxygen atoms in total. The third-order valence-corrected chi connectivity index (χ3v) is 4.33. The molecule has 4 N–H and O–H groups in total. The Bertz CT molecular complexity index is 712. The summed E-state index contributed by atoms with van der Waals surface area (Å²) in [5.41, 5.74) is 0.301. The summed E-state index contributed by atoms with van der Waals surface area (Å²) in [6, 6.07) is 3.35. The van der Waals surface area contributed by atoms with Gasteiger partial charge in [-0.15, -0.1) is 0 Å². The van der Waals surface area contributed by atoms with Gasteiger partial charge in [-0.3, -0.25) is 9.59 Å². The summed E-state index contributed by atoms with van der Waals surface area (Å²) in [5.74, 6) is -0.340. The van der Waals surface area contributed by atoms with Gasteiger partial charge >= 0.3 is 13.1 Å². The molecular formula is C17H24BN3O6. The van der Waals surface area contributed by atoms with E-state index in [0.717, 1.165) is 0 Å². The van der Waals surface area contributed by atoms with Gasteiger partial charge in [-0.25, -0.2) is 4.79 Å². The predicted octanol–water partition coefficient (Wildman–Crippen LogP) is -1.27. The normalized spacial score (nSPS) is 19.1. The molecule has 2 unspecified atom stereocenters. The lowest BCUT2D eigenvalue weighted by Crippen LogP contribution is -2.49. The number of hydrogen-bond donors (Lipinski definition) is 4. The molecule has 0 bridgehead atoms. The summed E-state index contributed by atoms with van der Waals surface area (Å²) in [6.45, 7) is 4.22. The summed E-state index contributed by atoms with van der Waals surface area (Å²) in [4.78, 5) is 37.4. The van der Waals surface area contributed by atoms with Crippen molar-refractivity contribution < 1.29 is 29.2 Å². The van der Waals surface area contributed by atoms with Crippen LogP contribution in [0.4, 0.5) is 4.79 Å². The molecule has 1 aromatic carbocycles. The van der Waals surface area contributed by atoms with Crippen molar-refractivity contribution in [3.8, 4) is 0 Å². The molecule has 10 heteroatoms. The Morgan fingerprint density at radius 2 is 2.04 bits per heavy atom. The largest absolute Gasteiger partial charge is 0.489 e. The van der Waals surface area contributed by atoms with E-state index in [9.17, 15) is 24.4 Å². The van der Waals surface area contributed by atoms with Gasteiger partial charge in [0.25, 0.3) is 5.91 Å². The fraction of sp³-hybridized carbons (Fsp3) is 0.471. The van der Waals surface area contributed by atoms with Gasteiger partial charge in [0.05, 0.1) is 12.1 Å². The molecule has 1 heterocycles. The maximum atomic E-state index is 12.8. The van der Waals surface area contributed by atoms with Crippen molar-refractivity contribution in [1.82, 2.24) is 15.5 Å². The van der Waals surface area contributed by atoms with E-state index in [1.807, 2.05) is 13.8 Å². The molecule has 1 saturated heterocycles. The first-order valence-corrected chi connectivity index (χ1v) is 8.61. The van der Waals surface area contributed by atoms with E-state index in [0.29, 0.717) is 6.29 Å². The molecule has 3 amide bonds. The number of methoxy groups -OCH3 is 1. The highest BCUT2D eigenvalue weighted by Crippen LogP contribution is 2.17. The van der Waals surface area contributed by atoms with E-state index < -0.39 is 7.12 Å². The van der Waals surface area contributed by atoms with E-state index in [4.69, 9.17) is 4.74 Å². The molecule has 1 aliphatic rings. The van der Waals surface area contributed by atoms with Crippen LogP contribution in [0.25, 0.3) is 0 Å². The van der Waals surface area contributed by atoms with Gasteiger partial charge in [-0.2, -0.15) is 0 Å². The lowest BCUT2D eigenvalue weighted by atomic mass is 9.77. The number of amides is 3. The molecule has 2 rings (SSSR count). The van der Waals surface area contributed by atoms with Crippen molar-refractivity contribution >= 4 is 30.8 Å². The monoisotopic (exact) mass is 377 g/mol. The van der Waals surface area contributed by atoms with Gasteiger partial charge in [-0.05, 0) is 31.4 Å². The maximum Gasteiger partial charge on any atom is 0.489 e. The zero-order valence-electron chi connectivity index (χ0n) is 15.5. The minimum atomic E-state index is -1.80. The van der Waals surface area contributed by atoms with Crippen LogP contribution < -0.4 is 16.1 Å². The second-order valence-corrected chi connectivity index (χ2v) is 6.70. The van der Waals surface area contributed by atoms with Crippen molar-refractivity contribution in [3.05, 3.63) is 29.3 Å². The zero-order valence-corrected chi connectivity index (χ0v) is 15.5. The van der Waals surface area contributed by atoms with E-state index in [2.05, 4.69) is 10.6 Å². The minimum absolute atomic E-state index is 0.0210. The maximum absolute atomic E-state index is 12.8. The number of benzene rings is 1. The molecule has 146 valence electrons. The van der Waals surface area contributed by atoms with E-state index in [1.54, 1.807) is 0 Å². The molecule has 2 atom stereocenters. The first kappa shape index (κ1) is 20.9. The predicted molar refractivity (Wildman–Crippen MR) is 98.9 cm³/mol. The Morgan fingerprint density at radius 3 is 2.59 bits per heavy atom. The number of carbonyl (C=O) groups excluding carboxylic acids is 3. The van der Waals surface area contributed by atoms with E-state index in [1.165, 1.54) is 30.2 Å². The highest BCUT2D eigenvalue weighted by atomic mass is 16.5. The summed E-state index contributed by atoms with van der Waals surface area (Å²) in [5, 5.41) is 24.1. The van der Waals surface area contributed by atoms with Gasteiger partial charge in [0, 0.05) is 37.4 Å². The van der Waals surface area contributed by atoms with Crippen LogP contribution in [0.3, 0.4) is 0 Å². The number of hydrogen-bond acceptors (Lipinski definition) is 6. The number of rotatable bonds is 6. The third kappa shape index (κ3) is 5.06. The van der Waals surface area contributed by atoms with Crippen molar-refractivity contribution in [3.63, 3.8) is 0 Å². The van der Waals surface area contributed by atoms with E-state index in [-0.39, 0.29) is 59.8 Å². The van der Waals surface area contributed by atoms with Gasteiger partial charge in [0.1, 0.15) is 6.29 Å². The number of likely N-dealkylation sites (tertiary alicyclic amines) is 1. The van der Waals surface area contributed by atoms with E-state index >= 15 is 0 Å². The third-order valence-electron chi connectivity index (χ3n) is 4.33. The lowest BCUT2D eigenvalue weighted by molar-refractivity contribution is 0.0709. The van der Waals surface area contributed by atoms with Crippen molar-refractivity contribution in [2.75, 3.05) is 20.2 Å². The van der Waals surface area contributed by atoms with Crippen molar-refractivity contribution in [2.45, 2.75) is 32.0 Å². The van der Waals surface area contributed by atoms with Crippen LogP contribution in [0.15, 0.2) is 18.2 Å². The fourth-order valence-electron chi connectivity index (χ4n) is 3.02. The highest BCUT2D eigenvalue weighted by molar-refractivity contribution is 6.60. The standard InChI is InChI=1S/C17H24BN3O6/c1-10(2)19-17(24)20-14-7-21(8-15(14)27-3)16(23)11-4-5-13(18(25)26)12(6-11)9-22/h4-6,9-10,14-15,25-26H,7-8H2,1-3H3,(H2,19,20,24). The Kier molecular flexibility index (Phi) is 6.95. The number of nitrogens with zero attached hydrogens (tertiary/aromatic N) is 1. The van der Waals surface area contributed by atoms with Gasteiger partial charge in [0.15, 0.2) is 0 Å². The quantitative estimate of drug-likeness (QED) is 0.361. The van der Waals surface area contributed by atoms with Gasteiger partial charge in [0.2, 0.25) is 0 Å². The van der Waals surface area contributed by atoms with Crippen LogP contribution in [0.2, 0.25) is 0 Å². The smallest absolute Gasteiger partial charge is 0.423 e. The highest BCUT2D eigenvalue weighted by Gasteiger charge is 2.37. The average molecular weight is 377 g/mol. The summed E-state index contributed by atoms with van der Waals surface area (Å²) < 4.78 is 5.38. The molecular weight excluding hydrogens is 353 g/mol. The molecule has 27 heavy (non-hydrogen) atoms. The number of carbonyl (C=O) groups is 3. The molecule has 1 fully saturated rings. The second-order valence-electron chi connectivity index (χ2n) is 6.70. The molecule has 0 aromatic heterocycles.